The smallest absolute Gasteiger partial charge is 0.179 e. The van der Waals surface area contributed by atoms with Crippen molar-refractivity contribution < 1.29 is 16.8 Å². The number of nitrogens with one attached hydrogen (secondary N) is 1. The van der Waals surface area contributed by atoms with E-state index in [9.17, 15) is 16.8 Å². The van der Waals surface area contributed by atoms with Gasteiger partial charge in [0.1, 0.15) is 9.84 Å². The van der Waals surface area contributed by atoms with E-state index in [1.165, 1.54) is 24.5 Å². The fraction of sp³-hybridized carbons (Fsp3) is 0.462. The lowest BCUT2D eigenvalue weighted by Crippen LogP contribution is -2.25. The van der Waals surface area contributed by atoms with Crippen molar-refractivity contribution >= 4 is 19.7 Å². The molecule has 21 heavy (non-hydrogen) atoms. The Hall–Kier alpha value is -1.43. The Morgan fingerprint density at radius 2 is 1.86 bits per heavy atom. The Kier molecular flexibility index (Phi) is 6.33. The van der Waals surface area contributed by atoms with Gasteiger partial charge in [-0.1, -0.05) is 6.07 Å². The quantitative estimate of drug-likeness (QED) is 0.690. The number of hydrogen-bond donors (Lipinski definition) is 1. The first-order valence-corrected chi connectivity index (χ1v) is 10.1. The van der Waals surface area contributed by atoms with Gasteiger partial charge in [0.15, 0.2) is 9.84 Å². The van der Waals surface area contributed by atoms with Crippen LogP contribution in [0.2, 0.25) is 0 Å². The zero-order valence-electron chi connectivity index (χ0n) is 11.7. The summed E-state index contributed by atoms with van der Waals surface area (Å²) < 4.78 is 45.9. The molecule has 0 saturated carbocycles. The van der Waals surface area contributed by atoms with Gasteiger partial charge in [0.25, 0.3) is 0 Å². The fourth-order valence-corrected chi connectivity index (χ4v) is 3.58. The molecule has 0 bridgehead atoms. The molecule has 0 aliphatic carbocycles. The highest BCUT2D eigenvalue weighted by Crippen LogP contribution is 2.12. The third kappa shape index (κ3) is 6.71. The van der Waals surface area contributed by atoms with Crippen molar-refractivity contribution in [2.24, 2.45) is 0 Å². The molecule has 116 valence electrons. The van der Waals surface area contributed by atoms with Crippen LogP contribution >= 0.6 is 0 Å². The highest BCUT2D eigenvalue weighted by molar-refractivity contribution is 7.91. The molecule has 0 aliphatic rings. The standard InChI is InChI=1S/C13H18N2O4S2/c1-20(16,17)8-3-6-15-7-9-21(18,19)13-5-2-4-12(10-13)11-14/h2,4-5,10,15H,3,6-9H2,1H3. The lowest BCUT2D eigenvalue weighted by atomic mass is 10.2. The molecule has 0 amide bonds. The molecule has 0 heterocycles. The summed E-state index contributed by atoms with van der Waals surface area (Å²) in [4.78, 5) is 0.125. The van der Waals surface area contributed by atoms with Crippen LogP contribution in [-0.4, -0.2) is 47.7 Å². The topological polar surface area (TPSA) is 104 Å². The zero-order valence-corrected chi connectivity index (χ0v) is 13.4. The zero-order chi connectivity index (χ0) is 15.9. The third-order valence-electron chi connectivity index (χ3n) is 2.74. The predicted octanol–water partition coefficient (Wildman–Crippen LogP) is 0.356. The van der Waals surface area contributed by atoms with Gasteiger partial charge in [0, 0.05) is 12.8 Å². The molecule has 6 nitrogen and oxygen atoms in total. The summed E-state index contributed by atoms with van der Waals surface area (Å²) in [5.74, 6) is -0.0161. The van der Waals surface area contributed by atoms with Crippen molar-refractivity contribution in [3.05, 3.63) is 29.8 Å². The van der Waals surface area contributed by atoms with Gasteiger partial charge in [0.05, 0.1) is 28.0 Å². The minimum Gasteiger partial charge on any atom is -0.316 e. The monoisotopic (exact) mass is 330 g/mol. The second-order valence-corrected chi connectivity index (χ2v) is 9.06. The molecule has 0 spiro atoms. The van der Waals surface area contributed by atoms with Gasteiger partial charge in [-0.3, -0.25) is 0 Å². The molecule has 0 fully saturated rings. The van der Waals surface area contributed by atoms with E-state index in [-0.39, 0.29) is 22.9 Å². The van der Waals surface area contributed by atoms with Crippen LogP contribution in [0.4, 0.5) is 0 Å². The minimum absolute atomic E-state index is 0.0803. The largest absolute Gasteiger partial charge is 0.316 e. The SMILES string of the molecule is CS(=O)(=O)CCCNCCS(=O)(=O)c1cccc(C#N)c1. The van der Waals surface area contributed by atoms with Gasteiger partial charge in [-0.05, 0) is 31.2 Å². The van der Waals surface area contributed by atoms with E-state index in [4.69, 9.17) is 5.26 Å². The van der Waals surface area contributed by atoms with Gasteiger partial charge in [-0.2, -0.15) is 5.26 Å². The van der Waals surface area contributed by atoms with Crippen LogP contribution in [0.25, 0.3) is 0 Å². The Bertz CT molecular complexity index is 719. The van der Waals surface area contributed by atoms with Crippen LogP contribution in [0.3, 0.4) is 0 Å². The van der Waals surface area contributed by atoms with Crippen LogP contribution in [0.15, 0.2) is 29.2 Å². The average Bonchev–Trinajstić information content (AvgIpc) is 2.41. The van der Waals surface area contributed by atoms with Crippen LogP contribution < -0.4 is 5.32 Å². The molecule has 0 saturated heterocycles. The second-order valence-electron chi connectivity index (χ2n) is 4.69. The Morgan fingerprint density at radius 1 is 1.14 bits per heavy atom. The number of nitriles is 1. The Labute approximate surface area is 125 Å². The van der Waals surface area contributed by atoms with Gasteiger partial charge >= 0.3 is 0 Å². The first-order chi connectivity index (χ1) is 9.74. The maximum absolute atomic E-state index is 12.0. The molecule has 8 heteroatoms. The van der Waals surface area contributed by atoms with Gasteiger partial charge in [0.2, 0.25) is 0 Å². The second kappa shape index (κ2) is 7.54. The number of rotatable bonds is 8. The number of sulfone groups is 2. The Morgan fingerprint density at radius 3 is 2.48 bits per heavy atom. The summed E-state index contributed by atoms with van der Waals surface area (Å²) in [6, 6.07) is 7.78. The van der Waals surface area contributed by atoms with E-state index < -0.39 is 19.7 Å². The van der Waals surface area contributed by atoms with Crippen molar-refractivity contribution in [1.82, 2.24) is 5.32 Å². The molecule has 1 N–H and O–H groups in total. The molecule has 1 rings (SSSR count). The van der Waals surface area contributed by atoms with Crippen molar-refractivity contribution in [2.45, 2.75) is 11.3 Å². The molecular formula is C13H18N2O4S2. The van der Waals surface area contributed by atoms with E-state index in [1.807, 2.05) is 6.07 Å². The maximum atomic E-state index is 12.0. The first-order valence-electron chi connectivity index (χ1n) is 6.36. The molecule has 0 radical (unpaired) electrons. The van der Waals surface area contributed by atoms with Crippen molar-refractivity contribution in [3.63, 3.8) is 0 Å². The molecule has 1 aromatic rings. The number of benzene rings is 1. The molecule has 0 atom stereocenters. The van der Waals surface area contributed by atoms with E-state index in [0.29, 0.717) is 18.5 Å². The fourth-order valence-electron chi connectivity index (χ4n) is 1.67. The van der Waals surface area contributed by atoms with Crippen LogP contribution in [0.5, 0.6) is 0 Å². The Balaban J connectivity index is 2.45. The van der Waals surface area contributed by atoms with E-state index in [1.54, 1.807) is 6.07 Å². The van der Waals surface area contributed by atoms with Gasteiger partial charge in [-0.15, -0.1) is 0 Å². The third-order valence-corrected chi connectivity index (χ3v) is 5.48. The van der Waals surface area contributed by atoms with Crippen LogP contribution in [0, 0.1) is 11.3 Å². The predicted molar refractivity (Wildman–Crippen MR) is 80.4 cm³/mol. The summed E-state index contributed by atoms with van der Waals surface area (Å²) in [7, 11) is -6.42. The van der Waals surface area contributed by atoms with Crippen molar-refractivity contribution in [1.29, 1.82) is 5.26 Å². The molecular weight excluding hydrogens is 312 g/mol. The highest BCUT2D eigenvalue weighted by atomic mass is 32.2. The van der Waals surface area contributed by atoms with E-state index >= 15 is 0 Å². The van der Waals surface area contributed by atoms with E-state index in [0.717, 1.165) is 0 Å². The first kappa shape index (κ1) is 17.6. The maximum Gasteiger partial charge on any atom is 0.179 e. The lowest BCUT2D eigenvalue weighted by Gasteiger charge is -2.06. The summed E-state index contributed by atoms with van der Waals surface area (Å²) in [5, 5.41) is 11.7. The van der Waals surface area contributed by atoms with Crippen molar-refractivity contribution in [3.8, 4) is 6.07 Å². The highest BCUT2D eigenvalue weighted by Gasteiger charge is 2.14. The molecule has 1 aromatic carbocycles. The molecule has 0 unspecified atom stereocenters. The average molecular weight is 330 g/mol. The van der Waals surface area contributed by atoms with E-state index in [2.05, 4.69) is 5.32 Å². The number of hydrogen-bond acceptors (Lipinski definition) is 6. The van der Waals surface area contributed by atoms with Gasteiger partial charge in [-0.25, -0.2) is 16.8 Å². The van der Waals surface area contributed by atoms with Crippen molar-refractivity contribution in [2.75, 3.05) is 30.9 Å². The normalized spacial score (nSPS) is 12.0. The van der Waals surface area contributed by atoms with Crippen LogP contribution in [0.1, 0.15) is 12.0 Å². The molecule has 0 aromatic heterocycles. The minimum atomic E-state index is -3.44. The number of nitrogens with zero attached hydrogens (tertiary/aromatic N) is 1. The molecule has 0 aliphatic heterocycles. The summed E-state index contributed by atoms with van der Waals surface area (Å²) >= 11 is 0. The summed E-state index contributed by atoms with van der Waals surface area (Å²) in [6.07, 6.45) is 1.61. The summed E-state index contributed by atoms with van der Waals surface area (Å²) in [6.45, 7) is 0.684. The lowest BCUT2D eigenvalue weighted by molar-refractivity contribution is 0.585. The van der Waals surface area contributed by atoms with Gasteiger partial charge < -0.3 is 5.32 Å². The summed E-state index contributed by atoms with van der Waals surface area (Å²) in [5.41, 5.74) is 0.303. The van der Waals surface area contributed by atoms with Crippen LogP contribution in [-0.2, 0) is 19.7 Å².